The van der Waals surface area contributed by atoms with E-state index < -0.39 is 5.97 Å². The molecule has 1 amide bonds. The van der Waals surface area contributed by atoms with Crippen LogP contribution in [0.2, 0.25) is 0 Å². The van der Waals surface area contributed by atoms with Gasteiger partial charge in [-0.3, -0.25) is 4.79 Å². The van der Waals surface area contributed by atoms with Crippen LogP contribution >= 0.6 is 0 Å². The van der Waals surface area contributed by atoms with E-state index in [1.807, 2.05) is 18.2 Å². The predicted molar refractivity (Wildman–Crippen MR) is 104 cm³/mol. The molecule has 0 unspecified atom stereocenters. The number of rotatable bonds is 8. The lowest BCUT2D eigenvalue weighted by atomic mass is 10.0. The third-order valence-electron chi connectivity index (χ3n) is 4.21. The lowest BCUT2D eigenvalue weighted by molar-refractivity contribution is -0.118. The standard InChI is InChI=1S/C21H25NO5/c1-5-14-8-7-9-15(6-2)20(14)22-19(23)13-27-17-11-10-16(21(24)26-4)12-18(17)25-3/h7-12H,5-6,13H2,1-4H3,(H,22,23). The van der Waals surface area contributed by atoms with Gasteiger partial charge >= 0.3 is 5.97 Å². The normalized spacial score (nSPS) is 10.2. The van der Waals surface area contributed by atoms with Gasteiger partial charge in [-0.15, -0.1) is 0 Å². The van der Waals surface area contributed by atoms with E-state index in [-0.39, 0.29) is 12.5 Å². The summed E-state index contributed by atoms with van der Waals surface area (Å²) in [5.74, 6) is -0.000687. The van der Waals surface area contributed by atoms with Crippen LogP contribution in [0.4, 0.5) is 5.69 Å². The Morgan fingerprint density at radius 1 is 0.963 bits per heavy atom. The number of hydrogen-bond acceptors (Lipinski definition) is 5. The Morgan fingerprint density at radius 2 is 1.63 bits per heavy atom. The average Bonchev–Trinajstić information content (AvgIpc) is 2.71. The van der Waals surface area contributed by atoms with E-state index in [2.05, 4.69) is 23.9 Å². The van der Waals surface area contributed by atoms with Gasteiger partial charge in [-0.1, -0.05) is 32.0 Å². The largest absolute Gasteiger partial charge is 0.493 e. The van der Waals surface area contributed by atoms with Crippen LogP contribution < -0.4 is 14.8 Å². The molecule has 2 rings (SSSR count). The number of benzene rings is 2. The molecule has 0 fully saturated rings. The van der Waals surface area contributed by atoms with E-state index >= 15 is 0 Å². The van der Waals surface area contributed by atoms with Crippen molar-refractivity contribution in [1.29, 1.82) is 0 Å². The van der Waals surface area contributed by atoms with Gasteiger partial charge in [0.2, 0.25) is 0 Å². The molecule has 6 nitrogen and oxygen atoms in total. The molecular formula is C21H25NO5. The zero-order valence-electron chi connectivity index (χ0n) is 16.1. The second kappa shape index (κ2) is 9.62. The fraction of sp³-hybridized carbons (Fsp3) is 0.333. The summed E-state index contributed by atoms with van der Waals surface area (Å²) in [6.07, 6.45) is 1.65. The average molecular weight is 371 g/mol. The Hall–Kier alpha value is -3.02. The molecule has 1 N–H and O–H groups in total. The van der Waals surface area contributed by atoms with E-state index in [1.54, 1.807) is 12.1 Å². The van der Waals surface area contributed by atoms with Crippen LogP contribution in [0.3, 0.4) is 0 Å². The number of carbonyl (C=O) groups is 2. The van der Waals surface area contributed by atoms with Crippen LogP contribution in [-0.2, 0) is 22.4 Å². The minimum atomic E-state index is -0.471. The maximum absolute atomic E-state index is 12.4. The van der Waals surface area contributed by atoms with Crippen molar-refractivity contribution in [3.8, 4) is 11.5 Å². The van der Waals surface area contributed by atoms with Crippen LogP contribution in [0.1, 0.15) is 35.3 Å². The maximum atomic E-state index is 12.4. The number of aryl methyl sites for hydroxylation is 2. The predicted octanol–water partition coefficient (Wildman–Crippen LogP) is 3.62. The summed E-state index contributed by atoms with van der Waals surface area (Å²) in [5, 5.41) is 2.95. The zero-order valence-corrected chi connectivity index (χ0v) is 16.1. The Bertz CT molecular complexity index is 794. The first-order chi connectivity index (χ1) is 13.0. The number of amides is 1. The lowest BCUT2D eigenvalue weighted by Crippen LogP contribution is -2.22. The summed E-state index contributed by atoms with van der Waals surface area (Å²) in [6.45, 7) is 3.93. The van der Waals surface area contributed by atoms with Crippen molar-refractivity contribution in [3.63, 3.8) is 0 Å². The molecule has 6 heteroatoms. The highest BCUT2D eigenvalue weighted by Gasteiger charge is 2.14. The molecule has 0 saturated carbocycles. The first-order valence-corrected chi connectivity index (χ1v) is 8.83. The van der Waals surface area contributed by atoms with Crippen molar-refractivity contribution in [3.05, 3.63) is 53.1 Å². The highest BCUT2D eigenvalue weighted by atomic mass is 16.5. The van der Waals surface area contributed by atoms with Gasteiger partial charge in [0, 0.05) is 5.69 Å². The van der Waals surface area contributed by atoms with Gasteiger partial charge in [-0.05, 0) is 42.2 Å². The van der Waals surface area contributed by atoms with Crippen molar-refractivity contribution in [2.75, 3.05) is 26.1 Å². The summed E-state index contributed by atoms with van der Waals surface area (Å²) < 4.78 is 15.5. The van der Waals surface area contributed by atoms with E-state index in [0.717, 1.165) is 29.7 Å². The first kappa shape index (κ1) is 20.3. The van der Waals surface area contributed by atoms with Crippen molar-refractivity contribution in [1.82, 2.24) is 0 Å². The van der Waals surface area contributed by atoms with Crippen LogP contribution in [0.15, 0.2) is 36.4 Å². The summed E-state index contributed by atoms with van der Waals surface area (Å²) >= 11 is 0. The second-order valence-electron chi connectivity index (χ2n) is 5.85. The van der Waals surface area contributed by atoms with Crippen LogP contribution in [0, 0.1) is 0 Å². The number of para-hydroxylation sites is 1. The molecule has 0 aliphatic carbocycles. The van der Waals surface area contributed by atoms with E-state index in [4.69, 9.17) is 9.47 Å². The minimum Gasteiger partial charge on any atom is -0.493 e. The molecule has 2 aromatic rings. The van der Waals surface area contributed by atoms with Gasteiger partial charge in [0.15, 0.2) is 18.1 Å². The zero-order chi connectivity index (χ0) is 19.8. The summed E-state index contributed by atoms with van der Waals surface area (Å²) in [6, 6.07) is 10.7. The quantitative estimate of drug-likeness (QED) is 0.718. The number of esters is 1. The van der Waals surface area contributed by atoms with E-state index in [9.17, 15) is 9.59 Å². The van der Waals surface area contributed by atoms with Crippen LogP contribution in [0.25, 0.3) is 0 Å². The summed E-state index contributed by atoms with van der Waals surface area (Å²) in [5.41, 5.74) is 3.37. The Labute approximate surface area is 159 Å². The Kier molecular flexibility index (Phi) is 7.23. The number of nitrogens with one attached hydrogen (secondary N) is 1. The molecule has 0 atom stereocenters. The highest BCUT2D eigenvalue weighted by molar-refractivity contribution is 5.93. The first-order valence-electron chi connectivity index (χ1n) is 8.83. The fourth-order valence-electron chi connectivity index (χ4n) is 2.75. The van der Waals surface area contributed by atoms with Gasteiger partial charge in [0.05, 0.1) is 19.8 Å². The molecule has 2 aromatic carbocycles. The molecular weight excluding hydrogens is 346 g/mol. The number of anilines is 1. The molecule has 0 aliphatic heterocycles. The third kappa shape index (κ3) is 5.00. The maximum Gasteiger partial charge on any atom is 0.337 e. The smallest absolute Gasteiger partial charge is 0.337 e. The van der Waals surface area contributed by atoms with E-state index in [0.29, 0.717) is 17.1 Å². The van der Waals surface area contributed by atoms with Gasteiger partial charge in [-0.2, -0.15) is 0 Å². The van der Waals surface area contributed by atoms with Crippen LogP contribution in [0.5, 0.6) is 11.5 Å². The molecule has 27 heavy (non-hydrogen) atoms. The molecule has 0 aromatic heterocycles. The van der Waals surface area contributed by atoms with Gasteiger partial charge in [0.1, 0.15) is 0 Å². The van der Waals surface area contributed by atoms with Crippen molar-refractivity contribution in [2.24, 2.45) is 0 Å². The van der Waals surface area contributed by atoms with Gasteiger partial charge in [0.25, 0.3) is 5.91 Å². The highest BCUT2D eigenvalue weighted by Crippen LogP contribution is 2.28. The minimum absolute atomic E-state index is 0.171. The molecule has 0 radical (unpaired) electrons. The second-order valence-corrected chi connectivity index (χ2v) is 5.85. The monoisotopic (exact) mass is 371 g/mol. The number of methoxy groups -OCH3 is 2. The fourth-order valence-corrected chi connectivity index (χ4v) is 2.75. The SMILES string of the molecule is CCc1cccc(CC)c1NC(=O)COc1ccc(C(=O)OC)cc1OC. The van der Waals surface area contributed by atoms with Gasteiger partial charge in [-0.25, -0.2) is 4.79 Å². The Balaban J connectivity index is 2.09. The molecule has 0 heterocycles. The van der Waals surface area contributed by atoms with Crippen molar-refractivity contribution in [2.45, 2.75) is 26.7 Å². The third-order valence-corrected chi connectivity index (χ3v) is 4.21. The molecule has 144 valence electrons. The van der Waals surface area contributed by atoms with E-state index in [1.165, 1.54) is 20.3 Å². The van der Waals surface area contributed by atoms with Crippen LogP contribution in [-0.4, -0.2) is 32.7 Å². The number of carbonyl (C=O) groups excluding carboxylic acids is 2. The molecule has 0 saturated heterocycles. The number of ether oxygens (including phenoxy) is 3. The Morgan fingerprint density at radius 3 is 2.19 bits per heavy atom. The molecule has 0 bridgehead atoms. The number of hydrogen-bond donors (Lipinski definition) is 1. The molecule has 0 spiro atoms. The summed E-state index contributed by atoms with van der Waals surface area (Å²) in [4.78, 5) is 24.0. The van der Waals surface area contributed by atoms with Crippen molar-refractivity contribution >= 4 is 17.6 Å². The molecule has 0 aliphatic rings. The summed E-state index contributed by atoms with van der Waals surface area (Å²) in [7, 11) is 2.77. The topological polar surface area (TPSA) is 73.9 Å². The lowest BCUT2D eigenvalue weighted by Gasteiger charge is -2.15. The van der Waals surface area contributed by atoms with Crippen molar-refractivity contribution < 1.29 is 23.8 Å². The van der Waals surface area contributed by atoms with Gasteiger partial charge < -0.3 is 19.5 Å².